The van der Waals surface area contributed by atoms with Gasteiger partial charge >= 0.3 is 18.0 Å². The molecule has 0 amide bonds. The Hall–Kier alpha value is -3.40. The van der Waals surface area contributed by atoms with Crippen molar-refractivity contribution in [1.82, 2.24) is 15.1 Å². The van der Waals surface area contributed by atoms with Crippen LogP contribution in [0.2, 0.25) is 0 Å². The second-order valence-electron chi connectivity index (χ2n) is 6.90. The first kappa shape index (κ1) is 21.3. The summed E-state index contributed by atoms with van der Waals surface area (Å²) in [4.78, 5) is 23.9. The number of carbonyl (C=O) groups is 2. The normalized spacial score (nSPS) is 20.4. The predicted octanol–water partition coefficient (Wildman–Crippen LogP) is 1.74. The molecule has 160 valence electrons. The Morgan fingerprint density at radius 1 is 1.10 bits per heavy atom. The molecule has 1 aromatic heterocycles. The number of hydrogen-bond acceptors (Lipinski definition) is 8. The van der Waals surface area contributed by atoms with Crippen molar-refractivity contribution in [3.63, 3.8) is 0 Å². The lowest BCUT2D eigenvalue weighted by atomic mass is 10.1. The summed E-state index contributed by atoms with van der Waals surface area (Å²) in [6.07, 6.45) is 3.47. The third kappa shape index (κ3) is 5.57. The Morgan fingerprint density at radius 2 is 1.80 bits per heavy atom. The van der Waals surface area contributed by atoms with E-state index in [1.165, 1.54) is 25.9 Å². The molecule has 3 fully saturated rings. The van der Waals surface area contributed by atoms with E-state index < -0.39 is 11.9 Å². The van der Waals surface area contributed by atoms with Crippen molar-refractivity contribution < 1.29 is 29.0 Å². The first-order chi connectivity index (χ1) is 14.5. The van der Waals surface area contributed by atoms with Gasteiger partial charge < -0.3 is 29.2 Å². The molecule has 4 heterocycles. The number of aliphatic carboxylic acids is 2. The summed E-state index contributed by atoms with van der Waals surface area (Å²) in [5.41, 5.74) is 0.890. The molecular formula is C20H24N4O6. The summed E-state index contributed by atoms with van der Waals surface area (Å²) in [6, 6.07) is 8.88. The standard InChI is InChI=1S/C16H20N4O2.C4H4O4/c1-21-14-4-2-3-12(11-14)15-17-18-16(22-15)20-10-9-19-7-5-13(20)6-8-19;5-3(6)1-2-4(7)8/h2-4,11,13H,5-10H2,1H3;1-2H,(H,5,6)(H,7,8)/b;2-1+. The highest BCUT2D eigenvalue weighted by molar-refractivity contribution is 5.89. The van der Waals surface area contributed by atoms with E-state index >= 15 is 0 Å². The van der Waals surface area contributed by atoms with Gasteiger partial charge in [-0.15, -0.1) is 5.10 Å². The maximum absolute atomic E-state index is 9.55. The third-order valence-corrected chi connectivity index (χ3v) is 5.00. The van der Waals surface area contributed by atoms with Crippen molar-refractivity contribution in [2.45, 2.75) is 18.9 Å². The molecule has 0 atom stereocenters. The van der Waals surface area contributed by atoms with E-state index in [1.54, 1.807) is 7.11 Å². The number of anilines is 1. The van der Waals surface area contributed by atoms with Crippen LogP contribution in [-0.4, -0.2) is 76.6 Å². The number of piperidine rings is 1. The minimum absolute atomic E-state index is 0.525. The van der Waals surface area contributed by atoms with Gasteiger partial charge in [0.2, 0.25) is 5.89 Å². The number of rotatable bonds is 5. The molecule has 0 spiro atoms. The van der Waals surface area contributed by atoms with Gasteiger partial charge in [0.15, 0.2) is 0 Å². The SMILES string of the molecule is COc1cccc(-c2nnc(N3CCN4CCC3CC4)o2)c1.O=C(O)/C=C/C(=O)O. The molecule has 0 radical (unpaired) electrons. The quantitative estimate of drug-likeness (QED) is 0.695. The lowest BCUT2D eigenvalue weighted by Crippen LogP contribution is -2.38. The van der Waals surface area contributed by atoms with Crippen molar-refractivity contribution >= 4 is 18.0 Å². The van der Waals surface area contributed by atoms with Crippen LogP contribution in [0.5, 0.6) is 5.75 Å². The molecule has 30 heavy (non-hydrogen) atoms. The topological polar surface area (TPSA) is 129 Å². The average molecular weight is 416 g/mol. The number of hydrogen-bond donors (Lipinski definition) is 2. The van der Waals surface area contributed by atoms with E-state index in [0.29, 0.717) is 30.1 Å². The molecule has 1 aromatic carbocycles. The van der Waals surface area contributed by atoms with E-state index in [1.807, 2.05) is 24.3 Å². The molecule has 10 heteroatoms. The molecule has 2 bridgehead atoms. The van der Waals surface area contributed by atoms with Crippen molar-refractivity contribution in [2.75, 3.05) is 38.2 Å². The van der Waals surface area contributed by atoms with Crippen LogP contribution in [-0.2, 0) is 9.59 Å². The minimum Gasteiger partial charge on any atom is -0.497 e. The van der Waals surface area contributed by atoms with Crippen LogP contribution in [0.25, 0.3) is 11.5 Å². The van der Waals surface area contributed by atoms with Crippen LogP contribution >= 0.6 is 0 Å². The van der Waals surface area contributed by atoms with Gasteiger partial charge in [0.05, 0.1) is 7.11 Å². The van der Waals surface area contributed by atoms with Gasteiger partial charge in [0.1, 0.15) is 5.75 Å². The zero-order valence-corrected chi connectivity index (χ0v) is 16.6. The molecule has 0 saturated carbocycles. The van der Waals surface area contributed by atoms with Crippen LogP contribution in [0, 0.1) is 0 Å². The molecule has 3 saturated heterocycles. The Labute approximate surface area is 173 Å². The summed E-state index contributed by atoms with van der Waals surface area (Å²) < 4.78 is 11.2. The summed E-state index contributed by atoms with van der Waals surface area (Å²) in [5.74, 6) is -1.17. The number of carboxylic acids is 2. The number of aromatic nitrogens is 2. The minimum atomic E-state index is -1.26. The molecule has 5 rings (SSSR count). The van der Waals surface area contributed by atoms with E-state index in [4.69, 9.17) is 19.4 Å². The van der Waals surface area contributed by atoms with Gasteiger partial charge in [0.25, 0.3) is 0 Å². The zero-order valence-electron chi connectivity index (χ0n) is 16.6. The first-order valence-electron chi connectivity index (χ1n) is 9.57. The number of ether oxygens (including phenoxy) is 1. The number of methoxy groups -OCH3 is 1. The third-order valence-electron chi connectivity index (χ3n) is 5.00. The number of nitrogens with zero attached hydrogens (tertiary/aromatic N) is 4. The summed E-state index contributed by atoms with van der Waals surface area (Å²) in [5, 5.41) is 24.1. The van der Waals surface area contributed by atoms with E-state index in [-0.39, 0.29) is 0 Å². The fourth-order valence-corrected chi connectivity index (χ4v) is 3.49. The Morgan fingerprint density at radius 3 is 2.43 bits per heavy atom. The van der Waals surface area contributed by atoms with Crippen LogP contribution in [0.3, 0.4) is 0 Å². The second-order valence-corrected chi connectivity index (χ2v) is 6.90. The largest absolute Gasteiger partial charge is 0.497 e. The Bertz CT molecular complexity index is 888. The highest BCUT2D eigenvalue weighted by Gasteiger charge is 2.31. The van der Waals surface area contributed by atoms with E-state index in [9.17, 15) is 9.59 Å². The first-order valence-corrected chi connectivity index (χ1v) is 9.57. The summed E-state index contributed by atoms with van der Waals surface area (Å²) in [6.45, 7) is 4.40. The monoisotopic (exact) mass is 416 g/mol. The lowest BCUT2D eigenvalue weighted by Gasteiger charge is -2.29. The van der Waals surface area contributed by atoms with Gasteiger partial charge in [0, 0.05) is 49.9 Å². The Kier molecular flexibility index (Phi) is 7.02. The highest BCUT2D eigenvalue weighted by Crippen LogP contribution is 2.29. The maximum atomic E-state index is 9.55. The second kappa shape index (κ2) is 9.88. The van der Waals surface area contributed by atoms with Crippen LogP contribution in [0.4, 0.5) is 6.01 Å². The average Bonchev–Trinajstić information content (AvgIpc) is 3.05. The van der Waals surface area contributed by atoms with Crippen molar-refractivity contribution in [3.8, 4) is 17.2 Å². The summed E-state index contributed by atoms with van der Waals surface area (Å²) >= 11 is 0. The zero-order chi connectivity index (χ0) is 21.5. The van der Waals surface area contributed by atoms with Crippen molar-refractivity contribution in [1.29, 1.82) is 0 Å². The summed E-state index contributed by atoms with van der Waals surface area (Å²) in [7, 11) is 1.65. The molecule has 10 nitrogen and oxygen atoms in total. The number of fused-ring (bicyclic) bond motifs is 4. The molecule has 0 unspecified atom stereocenters. The molecule has 3 aliphatic heterocycles. The van der Waals surface area contributed by atoms with E-state index in [0.717, 1.165) is 24.4 Å². The molecule has 0 aliphatic carbocycles. The van der Waals surface area contributed by atoms with Crippen molar-refractivity contribution in [3.05, 3.63) is 36.4 Å². The van der Waals surface area contributed by atoms with Gasteiger partial charge in [-0.2, -0.15) is 0 Å². The lowest BCUT2D eigenvalue weighted by molar-refractivity contribution is -0.134. The van der Waals surface area contributed by atoms with Crippen molar-refractivity contribution in [2.24, 2.45) is 0 Å². The smallest absolute Gasteiger partial charge is 0.328 e. The Balaban J connectivity index is 0.000000275. The predicted molar refractivity (Wildman–Crippen MR) is 108 cm³/mol. The van der Waals surface area contributed by atoms with Gasteiger partial charge in [-0.1, -0.05) is 11.2 Å². The maximum Gasteiger partial charge on any atom is 0.328 e. The molecular weight excluding hydrogens is 392 g/mol. The number of benzene rings is 1. The molecule has 2 N–H and O–H groups in total. The fraction of sp³-hybridized carbons (Fsp3) is 0.400. The molecule has 2 aromatic rings. The van der Waals surface area contributed by atoms with Crippen LogP contribution in [0.15, 0.2) is 40.8 Å². The van der Waals surface area contributed by atoms with Crippen LogP contribution < -0.4 is 9.64 Å². The molecule has 3 aliphatic rings. The number of carboxylic acid groups (broad SMARTS) is 2. The highest BCUT2D eigenvalue weighted by atomic mass is 16.5. The van der Waals surface area contributed by atoms with Crippen LogP contribution in [0.1, 0.15) is 12.8 Å². The van der Waals surface area contributed by atoms with Gasteiger partial charge in [-0.3, -0.25) is 0 Å². The fourth-order valence-electron chi connectivity index (χ4n) is 3.49. The van der Waals surface area contributed by atoms with Gasteiger partial charge in [-0.05, 0) is 31.0 Å². The van der Waals surface area contributed by atoms with Gasteiger partial charge in [-0.25, -0.2) is 9.59 Å². The van der Waals surface area contributed by atoms with E-state index in [2.05, 4.69) is 20.0 Å².